The minimum absolute atomic E-state index is 0.576. The predicted octanol–water partition coefficient (Wildman–Crippen LogP) is 14.4. The van der Waals surface area contributed by atoms with E-state index in [1.807, 2.05) is 54.6 Å². The zero-order valence-corrected chi connectivity index (χ0v) is 31.5. The molecule has 0 spiro atoms. The summed E-state index contributed by atoms with van der Waals surface area (Å²) in [6.45, 7) is 6.75. The van der Waals surface area contributed by atoms with Crippen molar-refractivity contribution in [2.24, 2.45) is 0 Å². The van der Waals surface area contributed by atoms with Crippen molar-refractivity contribution in [2.45, 2.75) is 162 Å². The fourth-order valence-electron chi connectivity index (χ4n) is 6.28. The quantitative estimate of drug-likeness (QED) is 0.0567. The standard InChI is InChI=1S/C43H65O4P/c1-4-7-10-13-16-19-22-31-40-34-25-28-37-43(40)47-48(44,45-41-35-26-23-32-38(41)29-20-17-14-11-8-5-2)46-42-36-27-24-33-39(42)30-21-18-15-12-9-6-3/h23-28,32-37H,4-22,29-31H2,1-3H3. The van der Waals surface area contributed by atoms with Crippen LogP contribution in [-0.2, 0) is 23.8 Å². The topological polar surface area (TPSA) is 44.8 Å². The number of aryl methyl sites for hydroxylation is 3. The Morgan fingerprint density at radius 2 is 0.625 bits per heavy atom. The van der Waals surface area contributed by atoms with Crippen LogP contribution in [0.15, 0.2) is 72.8 Å². The predicted molar refractivity (Wildman–Crippen MR) is 205 cm³/mol. The summed E-state index contributed by atoms with van der Waals surface area (Å²) in [5.74, 6) is 1.73. The molecule has 0 N–H and O–H groups in total. The Hall–Kier alpha value is -2.71. The van der Waals surface area contributed by atoms with Crippen LogP contribution in [0.3, 0.4) is 0 Å². The number of rotatable bonds is 28. The number of hydrogen-bond donors (Lipinski definition) is 0. The van der Waals surface area contributed by atoms with E-state index < -0.39 is 7.82 Å². The average molecular weight is 677 g/mol. The third-order valence-corrected chi connectivity index (χ3v) is 10.5. The maximum Gasteiger partial charge on any atom is 0.647 e. The zero-order chi connectivity index (χ0) is 34.1. The van der Waals surface area contributed by atoms with Crippen LogP contribution in [0.4, 0.5) is 0 Å². The lowest BCUT2D eigenvalue weighted by Gasteiger charge is -2.23. The number of hydrogen-bond acceptors (Lipinski definition) is 4. The molecule has 0 heterocycles. The number of benzene rings is 3. The average Bonchev–Trinajstić information content (AvgIpc) is 3.09. The van der Waals surface area contributed by atoms with Gasteiger partial charge < -0.3 is 13.6 Å². The molecule has 4 nitrogen and oxygen atoms in total. The van der Waals surface area contributed by atoms with Crippen molar-refractivity contribution >= 4 is 7.82 Å². The monoisotopic (exact) mass is 676 g/mol. The molecule has 0 radical (unpaired) electrons. The molecule has 0 aliphatic rings. The number of unbranched alkanes of at least 4 members (excludes halogenated alkanes) is 16. The first-order chi connectivity index (χ1) is 23.6. The molecule has 5 heteroatoms. The molecule has 266 valence electrons. The molecule has 0 saturated heterocycles. The number of para-hydroxylation sites is 3. The normalized spacial score (nSPS) is 11.5. The summed E-state index contributed by atoms with van der Waals surface area (Å²) >= 11 is 0. The highest BCUT2D eigenvalue weighted by Gasteiger charge is 2.35. The van der Waals surface area contributed by atoms with Gasteiger partial charge in [-0.05, 0) is 73.4 Å². The second-order valence-corrected chi connectivity index (χ2v) is 14.9. The summed E-state index contributed by atoms with van der Waals surface area (Å²) in [7, 11) is -4.13. The Morgan fingerprint density at radius 1 is 0.375 bits per heavy atom. The fraction of sp³-hybridized carbons (Fsp3) is 0.581. The molecule has 3 aromatic carbocycles. The number of phosphoric ester groups is 1. The highest BCUT2D eigenvalue weighted by molar-refractivity contribution is 7.49. The lowest BCUT2D eigenvalue weighted by atomic mass is 10.0. The lowest BCUT2D eigenvalue weighted by Crippen LogP contribution is -2.10. The summed E-state index contributed by atoms with van der Waals surface area (Å²) in [6.07, 6.45) is 25.9. The largest absolute Gasteiger partial charge is 0.647 e. The zero-order valence-electron chi connectivity index (χ0n) is 30.6. The molecule has 0 aromatic heterocycles. The van der Waals surface area contributed by atoms with Crippen molar-refractivity contribution in [1.29, 1.82) is 0 Å². The van der Waals surface area contributed by atoms with Crippen LogP contribution in [0.5, 0.6) is 17.2 Å². The van der Waals surface area contributed by atoms with E-state index in [-0.39, 0.29) is 0 Å². The van der Waals surface area contributed by atoms with E-state index in [2.05, 4.69) is 39.0 Å². The molecule has 0 fully saturated rings. The molecule has 0 aliphatic heterocycles. The van der Waals surface area contributed by atoms with E-state index in [4.69, 9.17) is 13.6 Å². The minimum Gasteiger partial charge on any atom is -0.386 e. The molecule has 0 unspecified atom stereocenters. The first kappa shape index (κ1) is 39.7. The molecule has 0 saturated carbocycles. The Kier molecular flexibility index (Phi) is 20.2. The highest BCUT2D eigenvalue weighted by Crippen LogP contribution is 2.52. The van der Waals surface area contributed by atoms with Gasteiger partial charge in [0.15, 0.2) is 0 Å². The second kappa shape index (κ2) is 24.4. The van der Waals surface area contributed by atoms with Gasteiger partial charge in [-0.3, -0.25) is 0 Å². The van der Waals surface area contributed by atoms with Gasteiger partial charge in [-0.1, -0.05) is 178 Å². The Bertz CT molecular complexity index is 1240. The van der Waals surface area contributed by atoms with Gasteiger partial charge in [-0.2, -0.15) is 4.57 Å². The highest BCUT2D eigenvalue weighted by atomic mass is 31.2. The van der Waals surface area contributed by atoms with Crippen molar-refractivity contribution in [2.75, 3.05) is 0 Å². The SMILES string of the molecule is CCCCCCCCCc1ccccc1OP(=O)(Oc1ccccc1CCCCCCCC)Oc1ccccc1CCCCCCCC. The van der Waals surface area contributed by atoms with Crippen molar-refractivity contribution in [3.63, 3.8) is 0 Å². The van der Waals surface area contributed by atoms with E-state index in [9.17, 15) is 4.57 Å². The van der Waals surface area contributed by atoms with Crippen LogP contribution in [0, 0.1) is 0 Å². The summed E-state index contributed by atoms with van der Waals surface area (Å²) in [4.78, 5) is 0. The van der Waals surface area contributed by atoms with E-state index in [0.29, 0.717) is 17.2 Å². The van der Waals surface area contributed by atoms with Crippen molar-refractivity contribution in [1.82, 2.24) is 0 Å². The Balaban J connectivity index is 1.80. The van der Waals surface area contributed by atoms with E-state index >= 15 is 0 Å². The molecule has 0 aliphatic carbocycles. The van der Waals surface area contributed by atoms with Gasteiger partial charge in [-0.25, -0.2) is 0 Å². The molecule has 0 bridgehead atoms. The Morgan fingerprint density at radius 3 is 0.917 bits per heavy atom. The molecule has 0 amide bonds. The minimum atomic E-state index is -4.13. The molecule has 48 heavy (non-hydrogen) atoms. The van der Waals surface area contributed by atoms with Gasteiger partial charge in [-0.15, -0.1) is 0 Å². The van der Waals surface area contributed by atoms with Gasteiger partial charge in [0, 0.05) is 0 Å². The molecule has 3 aromatic rings. The third kappa shape index (κ3) is 15.7. The summed E-state index contributed by atoms with van der Waals surface area (Å²) in [5.41, 5.74) is 3.12. The molecule has 3 rings (SSSR count). The van der Waals surface area contributed by atoms with Gasteiger partial charge in [0.05, 0.1) is 0 Å². The Labute approximate surface area is 294 Å². The third-order valence-electron chi connectivity index (χ3n) is 9.20. The summed E-state index contributed by atoms with van der Waals surface area (Å²) < 4.78 is 34.1. The van der Waals surface area contributed by atoms with Crippen LogP contribution in [0.1, 0.15) is 159 Å². The van der Waals surface area contributed by atoms with E-state index in [1.54, 1.807) is 0 Å². The van der Waals surface area contributed by atoms with E-state index in [1.165, 1.54) is 103 Å². The van der Waals surface area contributed by atoms with Crippen LogP contribution in [-0.4, -0.2) is 0 Å². The first-order valence-electron chi connectivity index (χ1n) is 19.5. The second-order valence-electron chi connectivity index (χ2n) is 13.5. The fourth-order valence-corrected chi connectivity index (χ4v) is 7.65. The van der Waals surface area contributed by atoms with Crippen LogP contribution < -0.4 is 13.6 Å². The van der Waals surface area contributed by atoms with Crippen LogP contribution >= 0.6 is 7.82 Å². The van der Waals surface area contributed by atoms with Gasteiger partial charge >= 0.3 is 7.82 Å². The van der Waals surface area contributed by atoms with Crippen molar-refractivity contribution < 1.29 is 18.1 Å². The maximum atomic E-state index is 14.9. The van der Waals surface area contributed by atoms with Gasteiger partial charge in [0.25, 0.3) is 0 Å². The number of phosphoric acid groups is 1. The lowest BCUT2D eigenvalue weighted by molar-refractivity contribution is 0.295. The maximum absolute atomic E-state index is 14.9. The van der Waals surface area contributed by atoms with E-state index in [0.717, 1.165) is 55.2 Å². The van der Waals surface area contributed by atoms with Crippen LogP contribution in [0.25, 0.3) is 0 Å². The smallest absolute Gasteiger partial charge is 0.386 e. The van der Waals surface area contributed by atoms with Crippen molar-refractivity contribution in [3.05, 3.63) is 89.5 Å². The first-order valence-corrected chi connectivity index (χ1v) is 21.0. The molecule has 0 atom stereocenters. The van der Waals surface area contributed by atoms with Crippen molar-refractivity contribution in [3.8, 4) is 17.2 Å². The van der Waals surface area contributed by atoms with Gasteiger partial charge in [0.2, 0.25) is 0 Å². The molecular formula is C43H65O4P. The van der Waals surface area contributed by atoms with Gasteiger partial charge in [0.1, 0.15) is 17.2 Å². The molecular weight excluding hydrogens is 611 g/mol. The van der Waals surface area contributed by atoms with Crippen LogP contribution in [0.2, 0.25) is 0 Å². The summed E-state index contributed by atoms with van der Waals surface area (Å²) in [5, 5.41) is 0. The summed E-state index contributed by atoms with van der Waals surface area (Å²) in [6, 6.07) is 23.8.